The van der Waals surface area contributed by atoms with Crippen LogP contribution in [0.3, 0.4) is 0 Å². The van der Waals surface area contributed by atoms with E-state index >= 15 is 0 Å². The van der Waals surface area contributed by atoms with E-state index in [2.05, 4.69) is 11.5 Å². The highest BCUT2D eigenvalue weighted by Crippen LogP contribution is 2.10. The Morgan fingerprint density at radius 3 is 1.60 bits per heavy atom. The molecule has 1 fully saturated rings. The fourth-order valence-electron chi connectivity index (χ4n) is 1.06. The van der Waals surface area contributed by atoms with Crippen LogP contribution in [0.25, 0.3) is 0 Å². The average Bonchev–Trinajstić information content (AvgIpc) is 1.90. The quantitative estimate of drug-likeness (QED) is 0.488. The minimum Gasteiger partial charge on any atom is -0.352 e. The first-order chi connectivity index (χ1) is 4.73. The first-order valence-electron chi connectivity index (χ1n) is 3.78. The van der Waals surface area contributed by atoms with Crippen molar-refractivity contribution in [2.75, 3.05) is 0 Å². The molecule has 0 spiro atoms. The third kappa shape index (κ3) is 10.5. The SMILES string of the molecule is C1CC[SiH2]CC1.NC(N)=O. The molecule has 1 saturated heterocycles. The maximum Gasteiger partial charge on any atom is 0.309 e. The molecule has 0 aromatic heterocycles. The van der Waals surface area contributed by atoms with Crippen LogP contribution in [0.1, 0.15) is 19.3 Å². The van der Waals surface area contributed by atoms with Crippen molar-refractivity contribution in [1.82, 2.24) is 0 Å². The van der Waals surface area contributed by atoms with E-state index in [-0.39, 0.29) is 0 Å². The number of amides is 2. The van der Waals surface area contributed by atoms with Gasteiger partial charge in [0.25, 0.3) is 0 Å². The van der Waals surface area contributed by atoms with Crippen LogP contribution in [0.15, 0.2) is 0 Å². The number of carbonyl (C=O) groups is 1. The molecule has 0 unspecified atom stereocenters. The minimum atomic E-state index is -0.833. The average molecular weight is 160 g/mol. The van der Waals surface area contributed by atoms with E-state index in [4.69, 9.17) is 4.79 Å². The summed E-state index contributed by atoms with van der Waals surface area (Å²) in [6.07, 6.45) is 4.66. The van der Waals surface area contributed by atoms with Gasteiger partial charge >= 0.3 is 6.03 Å². The van der Waals surface area contributed by atoms with Gasteiger partial charge < -0.3 is 11.5 Å². The summed E-state index contributed by atoms with van der Waals surface area (Å²) in [5.74, 6) is 0. The summed E-state index contributed by atoms with van der Waals surface area (Å²) in [5.41, 5.74) is 8.50. The number of urea groups is 1. The zero-order chi connectivity index (χ0) is 7.82. The van der Waals surface area contributed by atoms with Crippen LogP contribution in [-0.4, -0.2) is 15.6 Å². The molecule has 10 heavy (non-hydrogen) atoms. The molecule has 3 nitrogen and oxygen atoms in total. The molecule has 4 heteroatoms. The summed E-state index contributed by atoms with van der Waals surface area (Å²) in [4.78, 5) is 9.00. The second-order valence-electron chi connectivity index (χ2n) is 2.52. The molecule has 0 aromatic rings. The Bertz CT molecular complexity index is 78.2. The van der Waals surface area contributed by atoms with Crippen LogP contribution >= 0.6 is 0 Å². The van der Waals surface area contributed by atoms with E-state index in [1.54, 1.807) is 24.9 Å². The number of nitrogens with two attached hydrogens (primary N) is 2. The summed E-state index contributed by atoms with van der Waals surface area (Å²) in [7, 11) is 0.508. The molecule has 0 saturated carbocycles. The van der Waals surface area contributed by atoms with Crippen LogP contribution in [0.5, 0.6) is 0 Å². The molecule has 0 aliphatic carbocycles. The van der Waals surface area contributed by atoms with Crippen molar-refractivity contribution in [1.29, 1.82) is 0 Å². The number of rotatable bonds is 0. The maximum atomic E-state index is 9.00. The number of hydrogen-bond donors (Lipinski definition) is 2. The summed E-state index contributed by atoms with van der Waals surface area (Å²) in [6.45, 7) is 0. The summed E-state index contributed by atoms with van der Waals surface area (Å²) >= 11 is 0. The van der Waals surface area contributed by atoms with Gasteiger partial charge in [0.15, 0.2) is 0 Å². The van der Waals surface area contributed by atoms with Crippen molar-refractivity contribution in [3.8, 4) is 0 Å². The van der Waals surface area contributed by atoms with E-state index in [1.807, 2.05) is 0 Å². The van der Waals surface area contributed by atoms with Gasteiger partial charge in [0.2, 0.25) is 0 Å². The van der Waals surface area contributed by atoms with E-state index < -0.39 is 6.03 Å². The summed E-state index contributed by atoms with van der Waals surface area (Å²) in [6, 6.07) is 2.44. The van der Waals surface area contributed by atoms with Gasteiger partial charge in [-0.3, -0.25) is 0 Å². The Kier molecular flexibility index (Phi) is 6.27. The molecular weight excluding hydrogens is 144 g/mol. The highest BCUT2D eigenvalue weighted by Gasteiger charge is 1.96. The van der Waals surface area contributed by atoms with Crippen LogP contribution in [0.4, 0.5) is 4.79 Å². The van der Waals surface area contributed by atoms with E-state index in [0.717, 1.165) is 0 Å². The number of primary amides is 2. The van der Waals surface area contributed by atoms with Crippen molar-refractivity contribution in [3.05, 3.63) is 0 Å². The Morgan fingerprint density at radius 2 is 1.50 bits per heavy atom. The fourth-order valence-corrected chi connectivity index (χ4v) is 2.83. The Hall–Kier alpha value is -0.513. The molecule has 1 aliphatic rings. The van der Waals surface area contributed by atoms with E-state index in [9.17, 15) is 0 Å². The van der Waals surface area contributed by atoms with E-state index in [0.29, 0.717) is 9.52 Å². The van der Waals surface area contributed by atoms with Crippen LogP contribution < -0.4 is 11.5 Å². The molecule has 4 N–H and O–H groups in total. The van der Waals surface area contributed by atoms with Gasteiger partial charge in [-0.1, -0.05) is 31.4 Å². The van der Waals surface area contributed by atoms with Gasteiger partial charge in [-0.05, 0) is 0 Å². The maximum absolute atomic E-state index is 9.00. The lowest BCUT2D eigenvalue weighted by Crippen LogP contribution is -2.18. The Balaban J connectivity index is 0.000000180. The predicted octanol–water partition coefficient (Wildman–Crippen LogP) is 0.200. The van der Waals surface area contributed by atoms with Gasteiger partial charge in [-0.15, -0.1) is 0 Å². The van der Waals surface area contributed by atoms with Crippen LogP contribution in [0, 0.1) is 0 Å². The minimum absolute atomic E-state index is 0.508. The molecule has 0 aromatic carbocycles. The first kappa shape index (κ1) is 9.49. The lowest BCUT2D eigenvalue weighted by molar-refractivity contribution is 0.256. The largest absolute Gasteiger partial charge is 0.352 e. The van der Waals surface area contributed by atoms with Crippen molar-refractivity contribution in [2.24, 2.45) is 11.5 Å². The Morgan fingerprint density at radius 1 is 1.10 bits per heavy atom. The normalized spacial score (nSPS) is 16.8. The Labute approximate surface area is 64.0 Å². The zero-order valence-corrected chi connectivity index (χ0v) is 7.72. The van der Waals surface area contributed by atoms with Crippen molar-refractivity contribution in [2.45, 2.75) is 31.4 Å². The van der Waals surface area contributed by atoms with Crippen LogP contribution in [0.2, 0.25) is 12.1 Å². The number of hydrogen-bond acceptors (Lipinski definition) is 1. The third-order valence-corrected chi connectivity index (χ3v) is 3.50. The van der Waals surface area contributed by atoms with Gasteiger partial charge in [0.05, 0.1) is 0 Å². The summed E-state index contributed by atoms with van der Waals surface area (Å²) in [5, 5.41) is 0. The smallest absolute Gasteiger partial charge is 0.309 e. The summed E-state index contributed by atoms with van der Waals surface area (Å²) < 4.78 is 0. The molecule has 1 rings (SSSR count). The predicted molar refractivity (Wildman–Crippen MR) is 45.8 cm³/mol. The van der Waals surface area contributed by atoms with Crippen molar-refractivity contribution in [3.63, 3.8) is 0 Å². The number of carbonyl (C=O) groups excluding carboxylic acids is 1. The van der Waals surface area contributed by atoms with Gasteiger partial charge in [-0.25, -0.2) is 4.79 Å². The second-order valence-corrected chi connectivity index (χ2v) is 4.65. The molecule has 1 aliphatic heterocycles. The molecule has 1 heterocycles. The van der Waals surface area contributed by atoms with Gasteiger partial charge in [0, 0.05) is 9.52 Å². The van der Waals surface area contributed by atoms with Crippen molar-refractivity contribution < 1.29 is 4.79 Å². The van der Waals surface area contributed by atoms with Crippen molar-refractivity contribution >= 4 is 15.6 Å². The molecule has 0 bridgehead atoms. The van der Waals surface area contributed by atoms with Gasteiger partial charge in [0.1, 0.15) is 0 Å². The third-order valence-electron chi connectivity index (χ3n) is 1.50. The lowest BCUT2D eigenvalue weighted by Gasteiger charge is -2.04. The molecular formula is C6H16N2OSi. The molecule has 0 atom stereocenters. The topological polar surface area (TPSA) is 69.1 Å². The van der Waals surface area contributed by atoms with Gasteiger partial charge in [-0.2, -0.15) is 0 Å². The standard InChI is InChI=1S/C5H12Si.CH4N2O/c1-2-4-6-5-3-1;2-1(3)4/h1-6H2;(H4,2,3,4). The first-order valence-corrected chi connectivity index (χ1v) is 5.78. The van der Waals surface area contributed by atoms with Crippen LogP contribution in [-0.2, 0) is 0 Å². The molecule has 2 amide bonds. The highest BCUT2D eigenvalue weighted by molar-refractivity contribution is 6.35. The zero-order valence-electron chi connectivity index (χ0n) is 6.31. The monoisotopic (exact) mass is 160 g/mol. The molecule has 60 valence electrons. The molecule has 0 radical (unpaired) electrons. The highest BCUT2D eigenvalue weighted by atomic mass is 28.2. The second kappa shape index (κ2) is 6.60. The lowest BCUT2D eigenvalue weighted by atomic mass is 10.3. The fraction of sp³-hybridized carbons (Fsp3) is 0.833. The van der Waals surface area contributed by atoms with E-state index in [1.165, 1.54) is 6.42 Å².